The fourth-order valence-electron chi connectivity index (χ4n) is 3.38. The van der Waals surface area contributed by atoms with Crippen LogP contribution in [0.15, 0.2) is 42.5 Å². The average molecular weight is 434 g/mol. The molecule has 1 atom stereocenters. The zero-order valence-electron chi connectivity index (χ0n) is 17.3. The average Bonchev–Trinajstić information content (AvgIpc) is 2.59. The highest BCUT2D eigenvalue weighted by Gasteiger charge is 2.34. The maximum Gasteiger partial charge on any atom is 0.231 e. The molecule has 0 aromatic heterocycles. The molecular formula is C21H27N3O3S2. The summed E-state index contributed by atoms with van der Waals surface area (Å²) in [7, 11) is -1.81. The number of sulfonamides is 1. The predicted octanol–water partition coefficient (Wildman–Crippen LogP) is 3.98. The molecule has 2 aromatic rings. The number of ether oxygens (including phenoxy) is 1. The van der Waals surface area contributed by atoms with E-state index in [4.69, 9.17) is 17.0 Å². The van der Waals surface area contributed by atoms with Gasteiger partial charge in [0.25, 0.3) is 0 Å². The van der Waals surface area contributed by atoms with E-state index in [0.29, 0.717) is 16.5 Å². The van der Waals surface area contributed by atoms with Crippen molar-refractivity contribution in [3.8, 4) is 5.75 Å². The Labute approximate surface area is 178 Å². The van der Waals surface area contributed by atoms with Crippen LogP contribution in [0.5, 0.6) is 5.75 Å². The second-order valence-corrected chi connectivity index (χ2v) is 10.5. The van der Waals surface area contributed by atoms with Gasteiger partial charge in [-0.15, -0.1) is 0 Å². The van der Waals surface area contributed by atoms with Crippen LogP contribution in [0.2, 0.25) is 0 Å². The van der Waals surface area contributed by atoms with Crippen LogP contribution in [0.3, 0.4) is 0 Å². The Morgan fingerprint density at radius 2 is 1.97 bits per heavy atom. The van der Waals surface area contributed by atoms with Gasteiger partial charge in [0.1, 0.15) is 11.4 Å². The van der Waals surface area contributed by atoms with Crippen LogP contribution in [-0.2, 0) is 10.0 Å². The van der Waals surface area contributed by atoms with Crippen LogP contribution < -0.4 is 19.7 Å². The highest BCUT2D eigenvalue weighted by molar-refractivity contribution is 7.92. The summed E-state index contributed by atoms with van der Waals surface area (Å²) < 4.78 is 30.9. The molecule has 0 fully saturated rings. The van der Waals surface area contributed by atoms with Crippen molar-refractivity contribution in [1.29, 1.82) is 0 Å². The van der Waals surface area contributed by atoms with Gasteiger partial charge in [0.15, 0.2) is 5.11 Å². The molecule has 1 heterocycles. The second kappa shape index (κ2) is 7.84. The molecule has 1 aliphatic heterocycles. The van der Waals surface area contributed by atoms with E-state index < -0.39 is 10.0 Å². The van der Waals surface area contributed by atoms with E-state index in [9.17, 15) is 8.42 Å². The summed E-state index contributed by atoms with van der Waals surface area (Å²) in [6.07, 6.45) is 1.94. The summed E-state index contributed by atoms with van der Waals surface area (Å²) in [5.74, 6) is 0.873. The zero-order chi connectivity index (χ0) is 21.4. The number of benzene rings is 2. The van der Waals surface area contributed by atoms with Crippen LogP contribution in [0.4, 0.5) is 11.4 Å². The third-order valence-electron chi connectivity index (χ3n) is 4.90. The molecule has 1 aliphatic rings. The number of aryl methyl sites for hydroxylation is 1. The van der Waals surface area contributed by atoms with E-state index in [0.717, 1.165) is 23.3 Å². The Morgan fingerprint density at radius 3 is 2.66 bits per heavy atom. The molecule has 2 aromatic carbocycles. The smallest absolute Gasteiger partial charge is 0.231 e. The molecule has 8 heteroatoms. The fraction of sp³-hybridized carbons (Fsp3) is 0.381. The van der Waals surface area contributed by atoms with Crippen LogP contribution in [0.1, 0.15) is 37.4 Å². The third kappa shape index (κ3) is 5.19. The molecule has 156 valence electrons. The van der Waals surface area contributed by atoms with Crippen LogP contribution in [0.25, 0.3) is 0 Å². The monoisotopic (exact) mass is 433 g/mol. The van der Waals surface area contributed by atoms with E-state index in [1.54, 1.807) is 18.2 Å². The Kier molecular flexibility index (Phi) is 5.78. The van der Waals surface area contributed by atoms with E-state index in [-0.39, 0.29) is 11.6 Å². The van der Waals surface area contributed by atoms with Crippen LogP contribution >= 0.6 is 12.2 Å². The standard InChI is InChI=1S/C21H27N3O3S2/c1-14-9-10-17-18(13-21(2,3)27-19(17)11-14)23-20(28)22-15-7-6-8-16(12-15)24(4)29(5,25)26/h6-12,18H,13H2,1-5H3,(H2,22,23,28)/t18-/m0/s1. The lowest BCUT2D eigenvalue weighted by Crippen LogP contribution is -2.42. The first-order valence-electron chi connectivity index (χ1n) is 9.36. The van der Waals surface area contributed by atoms with E-state index in [1.807, 2.05) is 19.1 Å². The number of anilines is 2. The van der Waals surface area contributed by atoms with E-state index in [2.05, 4.69) is 36.6 Å². The molecule has 0 spiro atoms. The number of rotatable bonds is 4. The van der Waals surface area contributed by atoms with Gasteiger partial charge in [-0.1, -0.05) is 18.2 Å². The fourth-order valence-corrected chi connectivity index (χ4v) is 4.14. The normalized spacial score (nSPS) is 17.6. The summed E-state index contributed by atoms with van der Waals surface area (Å²) in [5, 5.41) is 7.02. The van der Waals surface area contributed by atoms with Crippen LogP contribution in [0, 0.1) is 6.92 Å². The topological polar surface area (TPSA) is 70.7 Å². The van der Waals surface area contributed by atoms with Gasteiger partial charge in [-0.25, -0.2) is 8.42 Å². The first-order chi connectivity index (χ1) is 13.4. The number of thiocarbonyl (C=S) groups is 1. The van der Waals surface area contributed by atoms with E-state index >= 15 is 0 Å². The van der Waals surface area contributed by atoms with Crippen molar-refractivity contribution < 1.29 is 13.2 Å². The SMILES string of the molecule is Cc1ccc2c(c1)OC(C)(C)C[C@@H]2NC(=S)Nc1cccc(N(C)S(C)(=O)=O)c1. The maximum atomic E-state index is 11.8. The highest BCUT2D eigenvalue weighted by atomic mass is 32.2. The Morgan fingerprint density at radius 1 is 1.24 bits per heavy atom. The molecule has 0 unspecified atom stereocenters. The first kappa shape index (κ1) is 21.4. The lowest BCUT2D eigenvalue weighted by atomic mass is 9.89. The number of fused-ring (bicyclic) bond motifs is 1. The van der Waals surface area contributed by atoms with Crippen molar-refractivity contribution in [3.63, 3.8) is 0 Å². The molecule has 0 saturated carbocycles. The van der Waals surface area contributed by atoms with Gasteiger partial charge in [0.2, 0.25) is 10.0 Å². The molecule has 29 heavy (non-hydrogen) atoms. The predicted molar refractivity (Wildman–Crippen MR) is 122 cm³/mol. The molecule has 2 N–H and O–H groups in total. The van der Waals surface area contributed by atoms with Gasteiger partial charge in [0, 0.05) is 24.7 Å². The molecular weight excluding hydrogens is 406 g/mol. The largest absolute Gasteiger partial charge is 0.487 e. The number of nitrogens with one attached hydrogen (secondary N) is 2. The second-order valence-electron chi connectivity index (χ2n) is 8.04. The summed E-state index contributed by atoms with van der Waals surface area (Å²) >= 11 is 5.53. The Bertz CT molecular complexity index is 1040. The summed E-state index contributed by atoms with van der Waals surface area (Å²) in [6, 6.07) is 13.3. The molecule has 0 amide bonds. The van der Waals surface area contributed by atoms with Crippen molar-refractivity contribution in [2.75, 3.05) is 22.9 Å². The lowest BCUT2D eigenvalue weighted by Gasteiger charge is -2.38. The number of hydrogen-bond acceptors (Lipinski definition) is 4. The van der Waals surface area contributed by atoms with Gasteiger partial charge in [-0.2, -0.15) is 0 Å². The summed E-state index contributed by atoms with van der Waals surface area (Å²) in [4.78, 5) is 0. The van der Waals surface area contributed by atoms with Gasteiger partial charge in [-0.3, -0.25) is 4.31 Å². The van der Waals surface area contributed by atoms with Gasteiger partial charge >= 0.3 is 0 Å². The highest BCUT2D eigenvalue weighted by Crippen LogP contribution is 2.39. The lowest BCUT2D eigenvalue weighted by molar-refractivity contribution is 0.0696. The zero-order valence-corrected chi connectivity index (χ0v) is 18.9. The van der Waals surface area contributed by atoms with Crippen molar-refractivity contribution in [2.24, 2.45) is 0 Å². The van der Waals surface area contributed by atoms with Crippen LogP contribution in [-0.4, -0.2) is 32.4 Å². The molecule has 0 saturated heterocycles. The van der Waals surface area contributed by atoms with Crippen molar-refractivity contribution in [2.45, 2.75) is 38.8 Å². The quantitative estimate of drug-likeness (QED) is 0.711. The van der Waals surface area contributed by atoms with Crippen molar-refractivity contribution in [3.05, 3.63) is 53.6 Å². The van der Waals surface area contributed by atoms with Crippen molar-refractivity contribution >= 4 is 38.7 Å². The Hall–Kier alpha value is -2.32. The van der Waals surface area contributed by atoms with Gasteiger partial charge in [0.05, 0.1) is 18.0 Å². The minimum Gasteiger partial charge on any atom is -0.487 e. The molecule has 3 rings (SSSR count). The molecule has 0 radical (unpaired) electrons. The molecule has 6 nitrogen and oxygen atoms in total. The minimum absolute atomic E-state index is 0.0104. The Balaban J connectivity index is 1.76. The molecule has 0 bridgehead atoms. The van der Waals surface area contributed by atoms with Gasteiger partial charge in [-0.05, 0) is 62.8 Å². The first-order valence-corrected chi connectivity index (χ1v) is 11.6. The van der Waals surface area contributed by atoms with Crippen molar-refractivity contribution in [1.82, 2.24) is 5.32 Å². The third-order valence-corrected chi connectivity index (χ3v) is 6.32. The maximum absolute atomic E-state index is 11.8. The minimum atomic E-state index is -3.33. The van der Waals surface area contributed by atoms with E-state index in [1.165, 1.54) is 17.6 Å². The number of nitrogens with zero attached hydrogens (tertiary/aromatic N) is 1. The van der Waals surface area contributed by atoms with Gasteiger partial charge < -0.3 is 15.4 Å². The summed E-state index contributed by atoms with van der Waals surface area (Å²) in [5.41, 5.74) is 3.18. The summed E-state index contributed by atoms with van der Waals surface area (Å²) in [6.45, 7) is 6.17. The number of hydrogen-bond donors (Lipinski definition) is 2. The molecule has 0 aliphatic carbocycles.